The summed E-state index contributed by atoms with van der Waals surface area (Å²) in [5.74, 6) is 0. The highest BCUT2D eigenvalue weighted by Crippen LogP contribution is 2.23. The van der Waals surface area contributed by atoms with Crippen LogP contribution in [0.5, 0.6) is 0 Å². The molecule has 1 aromatic carbocycles. The fraction of sp³-hybridized carbons (Fsp3) is 0.0769. The first kappa shape index (κ1) is 12.7. The minimum atomic E-state index is 0.851. The largest absolute Gasteiger partial charge is 0.405 e. The smallest absolute Gasteiger partial charge is 0.0864 e. The molecule has 0 aliphatic carbocycles. The summed E-state index contributed by atoms with van der Waals surface area (Å²) in [6.07, 6.45) is 10.1. The molecule has 4 nitrogen and oxygen atoms in total. The van der Waals surface area contributed by atoms with Gasteiger partial charge in [-0.05, 0) is 30.5 Å². The molecule has 0 atom stereocenters. The number of nitrogens with zero attached hydrogens (tertiary/aromatic N) is 2. The number of para-hydroxylation sites is 2. The first-order valence-corrected chi connectivity index (χ1v) is 5.22. The standard InChI is InChI=1S/C13H16N4/c1-15-9-5-11-17-13-7-3-2-6-12(13)16-10-4-8-14/h2-11,17H,14H2,1H3/b8-4+,11-5-,15-9?,16-10?. The van der Waals surface area contributed by atoms with Crippen molar-refractivity contribution >= 4 is 23.8 Å². The summed E-state index contributed by atoms with van der Waals surface area (Å²) in [7, 11) is 1.72. The van der Waals surface area contributed by atoms with E-state index in [2.05, 4.69) is 15.3 Å². The van der Waals surface area contributed by atoms with Gasteiger partial charge in [0.2, 0.25) is 0 Å². The lowest BCUT2D eigenvalue weighted by Crippen LogP contribution is -1.87. The van der Waals surface area contributed by atoms with E-state index in [-0.39, 0.29) is 0 Å². The Bertz CT molecular complexity index is 444. The van der Waals surface area contributed by atoms with Crippen molar-refractivity contribution in [2.45, 2.75) is 0 Å². The van der Waals surface area contributed by atoms with Crippen LogP contribution in [0.4, 0.5) is 11.4 Å². The van der Waals surface area contributed by atoms with E-state index in [1.54, 1.807) is 31.8 Å². The van der Waals surface area contributed by atoms with Crippen LogP contribution < -0.4 is 11.1 Å². The van der Waals surface area contributed by atoms with Gasteiger partial charge < -0.3 is 11.1 Å². The van der Waals surface area contributed by atoms with Crippen LogP contribution in [0.1, 0.15) is 0 Å². The predicted octanol–water partition coefficient (Wildman–Crippen LogP) is 2.49. The molecule has 1 aromatic rings. The molecule has 0 aromatic heterocycles. The minimum Gasteiger partial charge on any atom is -0.405 e. The van der Waals surface area contributed by atoms with Gasteiger partial charge in [-0.3, -0.25) is 9.98 Å². The number of allylic oxidation sites excluding steroid dienone is 2. The molecule has 0 heterocycles. The second-order valence-electron chi connectivity index (χ2n) is 3.09. The van der Waals surface area contributed by atoms with E-state index in [1.165, 1.54) is 6.20 Å². The van der Waals surface area contributed by atoms with Gasteiger partial charge in [-0.1, -0.05) is 12.1 Å². The Hall–Kier alpha value is -2.36. The Labute approximate surface area is 101 Å². The number of rotatable bonds is 5. The lowest BCUT2D eigenvalue weighted by Gasteiger charge is -2.03. The molecule has 0 radical (unpaired) electrons. The van der Waals surface area contributed by atoms with Crippen LogP contribution >= 0.6 is 0 Å². The quantitative estimate of drug-likeness (QED) is 0.760. The Kier molecular flexibility index (Phi) is 5.88. The third-order valence-electron chi connectivity index (χ3n) is 1.89. The molecule has 3 N–H and O–H groups in total. The van der Waals surface area contributed by atoms with E-state index in [4.69, 9.17) is 5.73 Å². The Morgan fingerprint density at radius 3 is 2.76 bits per heavy atom. The van der Waals surface area contributed by atoms with Gasteiger partial charge in [0.1, 0.15) is 0 Å². The van der Waals surface area contributed by atoms with Crippen molar-refractivity contribution < 1.29 is 0 Å². The molecule has 0 aliphatic rings. The fourth-order valence-electron chi connectivity index (χ4n) is 1.15. The van der Waals surface area contributed by atoms with Crippen LogP contribution in [0.3, 0.4) is 0 Å². The second-order valence-corrected chi connectivity index (χ2v) is 3.09. The summed E-state index contributed by atoms with van der Waals surface area (Å²) in [5, 5.41) is 3.13. The third kappa shape index (κ3) is 4.79. The maximum absolute atomic E-state index is 5.23. The molecule has 0 fully saturated rings. The highest BCUT2D eigenvalue weighted by atomic mass is 14.9. The molecule has 88 valence electrons. The molecule has 0 saturated carbocycles. The van der Waals surface area contributed by atoms with Crippen LogP contribution in [0.15, 0.2) is 58.8 Å². The lowest BCUT2D eigenvalue weighted by atomic mass is 10.2. The molecule has 4 heteroatoms. The highest BCUT2D eigenvalue weighted by Gasteiger charge is 1.95. The zero-order valence-electron chi connectivity index (χ0n) is 9.75. The van der Waals surface area contributed by atoms with Gasteiger partial charge in [-0.2, -0.15) is 0 Å². The van der Waals surface area contributed by atoms with Crippen LogP contribution in [0.2, 0.25) is 0 Å². The zero-order valence-corrected chi connectivity index (χ0v) is 9.75. The summed E-state index contributed by atoms with van der Waals surface area (Å²) < 4.78 is 0. The molecular formula is C13H16N4. The zero-order chi connectivity index (χ0) is 12.3. The van der Waals surface area contributed by atoms with Crippen molar-refractivity contribution in [2.24, 2.45) is 15.7 Å². The number of hydrogen-bond donors (Lipinski definition) is 2. The van der Waals surface area contributed by atoms with Gasteiger partial charge in [0.15, 0.2) is 0 Å². The van der Waals surface area contributed by atoms with Crippen molar-refractivity contribution in [3.05, 3.63) is 48.8 Å². The maximum atomic E-state index is 5.23. The molecule has 0 unspecified atom stereocenters. The number of nitrogens with two attached hydrogens (primary N) is 1. The summed E-state index contributed by atoms with van der Waals surface area (Å²) >= 11 is 0. The highest BCUT2D eigenvalue weighted by molar-refractivity contribution is 5.79. The van der Waals surface area contributed by atoms with Crippen molar-refractivity contribution in [1.29, 1.82) is 0 Å². The fourth-order valence-corrected chi connectivity index (χ4v) is 1.15. The number of aliphatic imine (C=N–C) groups is 2. The Morgan fingerprint density at radius 2 is 2.00 bits per heavy atom. The van der Waals surface area contributed by atoms with Gasteiger partial charge in [-0.25, -0.2) is 0 Å². The number of benzene rings is 1. The van der Waals surface area contributed by atoms with E-state index < -0.39 is 0 Å². The van der Waals surface area contributed by atoms with E-state index >= 15 is 0 Å². The monoisotopic (exact) mass is 228 g/mol. The van der Waals surface area contributed by atoms with Gasteiger partial charge in [0.05, 0.1) is 11.4 Å². The number of hydrogen-bond acceptors (Lipinski definition) is 4. The van der Waals surface area contributed by atoms with Crippen LogP contribution in [-0.2, 0) is 0 Å². The maximum Gasteiger partial charge on any atom is 0.0864 e. The van der Waals surface area contributed by atoms with Gasteiger partial charge in [-0.15, -0.1) is 0 Å². The summed E-state index contributed by atoms with van der Waals surface area (Å²) in [6.45, 7) is 0. The van der Waals surface area contributed by atoms with Crippen molar-refractivity contribution in [2.75, 3.05) is 12.4 Å². The average Bonchev–Trinajstić information content (AvgIpc) is 2.36. The van der Waals surface area contributed by atoms with E-state index in [1.807, 2.05) is 30.3 Å². The topological polar surface area (TPSA) is 62.8 Å². The molecule has 0 spiro atoms. The van der Waals surface area contributed by atoms with Crippen LogP contribution in [-0.4, -0.2) is 19.5 Å². The van der Waals surface area contributed by atoms with Crippen molar-refractivity contribution in [1.82, 2.24) is 0 Å². The summed E-state index contributed by atoms with van der Waals surface area (Å²) in [5.41, 5.74) is 7.01. The number of anilines is 1. The normalized spacial score (nSPS) is 12.3. The molecule has 0 saturated heterocycles. The number of nitrogens with one attached hydrogen (secondary N) is 1. The third-order valence-corrected chi connectivity index (χ3v) is 1.89. The van der Waals surface area contributed by atoms with E-state index in [0.29, 0.717) is 0 Å². The first-order valence-electron chi connectivity index (χ1n) is 5.22. The van der Waals surface area contributed by atoms with Gasteiger partial charge >= 0.3 is 0 Å². The van der Waals surface area contributed by atoms with Crippen LogP contribution in [0, 0.1) is 0 Å². The SMILES string of the molecule is CN=C/C=C\Nc1ccccc1N=C/C=C/N. The summed E-state index contributed by atoms with van der Waals surface area (Å²) in [6, 6.07) is 7.75. The molecule has 0 amide bonds. The molecule has 0 aliphatic heterocycles. The van der Waals surface area contributed by atoms with Crippen molar-refractivity contribution in [3.63, 3.8) is 0 Å². The Balaban J connectivity index is 2.77. The predicted molar refractivity (Wildman–Crippen MR) is 75.1 cm³/mol. The van der Waals surface area contributed by atoms with Gasteiger partial charge in [0.25, 0.3) is 0 Å². The Morgan fingerprint density at radius 1 is 1.18 bits per heavy atom. The first-order chi connectivity index (χ1) is 8.38. The molecule has 17 heavy (non-hydrogen) atoms. The van der Waals surface area contributed by atoms with E-state index in [9.17, 15) is 0 Å². The van der Waals surface area contributed by atoms with Gasteiger partial charge in [0, 0.05) is 25.7 Å². The van der Waals surface area contributed by atoms with Crippen LogP contribution in [0.25, 0.3) is 0 Å². The second kappa shape index (κ2) is 7.87. The molecule has 1 rings (SSSR count). The lowest BCUT2D eigenvalue weighted by molar-refractivity contribution is 1.47. The average molecular weight is 228 g/mol. The molecule has 0 bridgehead atoms. The molecular weight excluding hydrogens is 212 g/mol. The summed E-state index contributed by atoms with van der Waals surface area (Å²) in [4.78, 5) is 8.12. The van der Waals surface area contributed by atoms with E-state index in [0.717, 1.165) is 11.4 Å². The van der Waals surface area contributed by atoms with Crippen molar-refractivity contribution in [3.8, 4) is 0 Å². The minimum absolute atomic E-state index is 0.851.